The van der Waals surface area contributed by atoms with Crippen LogP contribution < -0.4 is 5.32 Å². The zero-order valence-electron chi connectivity index (χ0n) is 8.81. The Morgan fingerprint density at radius 2 is 2.12 bits per heavy atom. The first-order valence-electron chi connectivity index (χ1n) is 4.88. The second-order valence-corrected chi connectivity index (χ2v) is 4.04. The van der Waals surface area contributed by atoms with Gasteiger partial charge in [-0.25, -0.2) is 15.0 Å². The Balaban J connectivity index is 2.05. The van der Waals surface area contributed by atoms with Crippen molar-refractivity contribution in [2.75, 3.05) is 5.32 Å². The molecule has 0 radical (unpaired) electrons. The number of nitrogens with zero attached hydrogens (tertiary/aromatic N) is 3. The molecule has 0 aliphatic carbocycles. The smallest absolute Gasteiger partial charge is 0.129 e. The van der Waals surface area contributed by atoms with Gasteiger partial charge in [0, 0.05) is 12.4 Å². The van der Waals surface area contributed by atoms with E-state index in [2.05, 4.69) is 36.2 Å². The standard InChI is InChI=1S/C11H11BrN4/c1-8-13-6-4-9(16-8)7-15-10-3-2-5-14-11(10)12/h2-6,15H,7H2,1H3. The Kier molecular flexibility index (Phi) is 3.46. The molecular formula is C11H11BrN4. The number of aryl methyl sites for hydroxylation is 1. The summed E-state index contributed by atoms with van der Waals surface area (Å²) in [6.45, 7) is 2.54. The summed E-state index contributed by atoms with van der Waals surface area (Å²) < 4.78 is 0.806. The first-order chi connectivity index (χ1) is 7.75. The number of pyridine rings is 1. The van der Waals surface area contributed by atoms with Gasteiger partial charge >= 0.3 is 0 Å². The molecule has 0 aliphatic heterocycles. The molecule has 4 nitrogen and oxygen atoms in total. The van der Waals surface area contributed by atoms with Crippen LogP contribution in [0.3, 0.4) is 0 Å². The molecule has 0 aliphatic rings. The summed E-state index contributed by atoms with van der Waals surface area (Å²) in [5.41, 5.74) is 1.92. The molecule has 5 heteroatoms. The summed E-state index contributed by atoms with van der Waals surface area (Å²) in [5.74, 6) is 0.782. The van der Waals surface area contributed by atoms with Gasteiger partial charge in [0.1, 0.15) is 10.4 Å². The Bertz CT molecular complexity index is 487. The Hall–Kier alpha value is -1.49. The van der Waals surface area contributed by atoms with Crippen LogP contribution in [0.5, 0.6) is 0 Å². The first-order valence-corrected chi connectivity index (χ1v) is 5.68. The number of hydrogen-bond donors (Lipinski definition) is 1. The minimum Gasteiger partial charge on any atom is -0.377 e. The van der Waals surface area contributed by atoms with E-state index in [-0.39, 0.29) is 0 Å². The van der Waals surface area contributed by atoms with Gasteiger partial charge in [-0.2, -0.15) is 0 Å². The molecule has 2 aromatic heterocycles. The second kappa shape index (κ2) is 5.03. The van der Waals surface area contributed by atoms with Gasteiger partial charge in [-0.05, 0) is 41.1 Å². The van der Waals surface area contributed by atoms with Gasteiger partial charge in [0.2, 0.25) is 0 Å². The summed E-state index contributed by atoms with van der Waals surface area (Å²) in [6, 6.07) is 5.74. The van der Waals surface area contributed by atoms with Crippen molar-refractivity contribution >= 4 is 21.6 Å². The Morgan fingerprint density at radius 1 is 1.25 bits per heavy atom. The molecule has 0 amide bonds. The lowest BCUT2D eigenvalue weighted by molar-refractivity contribution is 0.953. The molecule has 0 fully saturated rings. The van der Waals surface area contributed by atoms with E-state index in [1.54, 1.807) is 12.4 Å². The average Bonchev–Trinajstić information content (AvgIpc) is 2.28. The normalized spacial score (nSPS) is 10.1. The van der Waals surface area contributed by atoms with E-state index >= 15 is 0 Å². The van der Waals surface area contributed by atoms with E-state index in [4.69, 9.17) is 0 Å². The number of anilines is 1. The molecule has 0 spiro atoms. The third kappa shape index (κ3) is 2.76. The van der Waals surface area contributed by atoms with Crippen molar-refractivity contribution in [3.8, 4) is 0 Å². The molecule has 0 aromatic carbocycles. The molecule has 0 saturated carbocycles. The van der Waals surface area contributed by atoms with Crippen molar-refractivity contribution < 1.29 is 0 Å². The third-order valence-corrected chi connectivity index (χ3v) is 2.68. The minimum absolute atomic E-state index is 0.660. The van der Waals surface area contributed by atoms with Crippen molar-refractivity contribution in [3.63, 3.8) is 0 Å². The van der Waals surface area contributed by atoms with Crippen LogP contribution in [0.25, 0.3) is 0 Å². The molecule has 1 N–H and O–H groups in total. The number of aromatic nitrogens is 3. The van der Waals surface area contributed by atoms with Gasteiger partial charge < -0.3 is 5.32 Å². The molecule has 0 atom stereocenters. The molecule has 2 heterocycles. The number of halogens is 1. The molecule has 2 aromatic rings. The zero-order valence-corrected chi connectivity index (χ0v) is 10.4. The fourth-order valence-corrected chi connectivity index (χ4v) is 1.70. The highest BCUT2D eigenvalue weighted by Gasteiger charge is 2.00. The Labute approximate surface area is 102 Å². The van der Waals surface area contributed by atoms with Crippen molar-refractivity contribution in [1.82, 2.24) is 15.0 Å². The van der Waals surface area contributed by atoms with E-state index in [1.807, 2.05) is 25.1 Å². The first kappa shape index (κ1) is 11.0. The fourth-order valence-electron chi connectivity index (χ4n) is 1.31. The van der Waals surface area contributed by atoms with Gasteiger partial charge in [-0.1, -0.05) is 0 Å². The largest absolute Gasteiger partial charge is 0.377 e. The van der Waals surface area contributed by atoms with E-state index in [9.17, 15) is 0 Å². The third-order valence-electron chi connectivity index (χ3n) is 2.05. The van der Waals surface area contributed by atoms with Crippen molar-refractivity contribution in [3.05, 3.63) is 46.7 Å². The lowest BCUT2D eigenvalue weighted by Gasteiger charge is -2.07. The highest BCUT2D eigenvalue weighted by Crippen LogP contribution is 2.18. The van der Waals surface area contributed by atoms with Crippen LogP contribution in [-0.2, 0) is 6.54 Å². The predicted octanol–water partition coefficient (Wildman–Crippen LogP) is 2.55. The van der Waals surface area contributed by atoms with Crippen molar-refractivity contribution in [2.24, 2.45) is 0 Å². The van der Waals surface area contributed by atoms with Gasteiger partial charge in [-0.3, -0.25) is 0 Å². The maximum atomic E-state index is 4.31. The van der Waals surface area contributed by atoms with Crippen LogP contribution in [0.15, 0.2) is 35.2 Å². The molecule has 0 unspecified atom stereocenters. The quantitative estimate of drug-likeness (QED) is 0.877. The topological polar surface area (TPSA) is 50.7 Å². The summed E-state index contributed by atoms with van der Waals surface area (Å²) in [4.78, 5) is 12.5. The lowest BCUT2D eigenvalue weighted by Crippen LogP contribution is -2.03. The molecule has 2 rings (SSSR count). The fraction of sp³-hybridized carbons (Fsp3) is 0.182. The van der Waals surface area contributed by atoms with Crippen LogP contribution in [0.2, 0.25) is 0 Å². The maximum absolute atomic E-state index is 4.31. The van der Waals surface area contributed by atoms with Crippen LogP contribution in [-0.4, -0.2) is 15.0 Å². The Morgan fingerprint density at radius 3 is 2.88 bits per heavy atom. The van der Waals surface area contributed by atoms with Gasteiger partial charge in [0.15, 0.2) is 0 Å². The van der Waals surface area contributed by atoms with Crippen LogP contribution in [0.4, 0.5) is 5.69 Å². The SMILES string of the molecule is Cc1nccc(CNc2cccnc2Br)n1. The van der Waals surface area contributed by atoms with Gasteiger partial charge in [0.25, 0.3) is 0 Å². The predicted molar refractivity (Wildman–Crippen MR) is 66.0 cm³/mol. The van der Waals surface area contributed by atoms with Crippen LogP contribution in [0.1, 0.15) is 11.5 Å². The monoisotopic (exact) mass is 278 g/mol. The number of rotatable bonds is 3. The number of nitrogens with one attached hydrogen (secondary N) is 1. The van der Waals surface area contributed by atoms with Gasteiger partial charge in [-0.15, -0.1) is 0 Å². The average molecular weight is 279 g/mol. The minimum atomic E-state index is 0.660. The summed E-state index contributed by atoms with van der Waals surface area (Å²) in [7, 11) is 0. The summed E-state index contributed by atoms with van der Waals surface area (Å²) >= 11 is 3.38. The molecular weight excluding hydrogens is 268 g/mol. The summed E-state index contributed by atoms with van der Waals surface area (Å²) in [5, 5.41) is 3.26. The number of hydrogen-bond acceptors (Lipinski definition) is 4. The van der Waals surface area contributed by atoms with Crippen LogP contribution in [0, 0.1) is 6.92 Å². The van der Waals surface area contributed by atoms with E-state index in [1.165, 1.54) is 0 Å². The van der Waals surface area contributed by atoms with E-state index in [0.29, 0.717) is 6.54 Å². The second-order valence-electron chi connectivity index (χ2n) is 3.29. The molecule has 0 saturated heterocycles. The van der Waals surface area contributed by atoms with Gasteiger partial charge in [0.05, 0.1) is 17.9 Å². The highest BCUT2D eigenvalue weighted by atomic mass is 79.9. The lowest BCUT2D eigenvalue weighted by atomic mass is 10.3. The summed E-state index contributed by atoms with van der Waals surface area (Å²) in [6.07, 6.45) is 3.50. The van der Waals surface area contributed by atoms with Crippen molar-refractivity contribution in [2.45, 2.75) is 13.5 Å². The molecule has 0 bridgehead atoms. The van der Waals surface area contributed by atoms with Crippen molar-refractivity contribution in [1.29, 1.82) is 0 Å². The zero-order chi connectivity index (χ0) is 11.4. The maximum Gasteiger partial charge on any atom is 0.129 e. The molecule has 82 valence electrons. The van der Waals surface area contributed by atoms with E-state index < -0.39 is 0 Å². The molecule has 16 heavy (non-hydrogen) atoms. The van der Waals surface area contributed by atoms with E-state index in [0.717, 1.165) is 21.8 Å². The van der Waals surface area contributed by atoms with Crippen LogP contribution >= 0.6 is 15.9 Å². The highest BCUT2D eigenvalue weighted by molar-refractivity contribution is 9.10.